The highest BCUT2D eigenvalue weighted by atomic mass is 16.7. The van der Waals surface area contributed by atoms with Crippen LogP contribution in [0.3, 0.4) is 0 Å². The van der Waals surface area contributed by atoms with Crippen molar-refractivity contribution in [3.8, 4) is 0 Å². The van der Waals surface area contributed by atoms with Crippen LogP contribution in [-0.2, 0) is 14.3 Å². The first-order valence-electron chi connectivity index (χ1n) is 18.1. The number of esters is 1. The molecule has 5 rings (SSSR count). The number of rotatable bonds is 6. The molecule has 1 saturated heterocycles. The van der Waals surface area contributed by atoms with E-state index in [1.54, 1.807) is 6.92 Å². The summed E-state index contributed by atoms with van der Waals surface area (Å²) in [6, 6.07) is 0. The average molecular weight is 635 g/mol. The summed E-state index contributed by atoms with van der Waals surface area (Å²) >= 11 is 0. The second kappa shape index (κ2) is 13.9. The fourth-order valence-corrected chi connectivity index (χ4v) is 10.3. The number of aliphatic hydroxyl groups is 4. The van der Waals surface area contributed by atoms with E-state index in [9.17, 15) is 20.1 Å². The van der Waals surface area contributed by atoms with Gasteiger partial charge in [-0.05, 0) is 117 Å². The largest absolute Gasteiger partial charge is 0.435 e. The molecule has 7 nitrogen and oxygen atoms in total. The Hall–Kier alpha value is -0.990. The Morgan fingerprint density at radius 1 is 0.978 bits per heavy atom. The molecule has 0 bridgehead atoms. The fourth-order valence-electron chi connectivity index (χ4n) is 10.3. The van der Waals surface area contributed by atoms with Gasteiger partial charge in [0.05, 0.1) is 30.3 Å². The summed E-state index contributed by atoms with van der Waals surface area (Å²) < 4.78 is 12.0. The van der Waals surface area contributed by atoms with E-state index in [0.29, 0.717) is 18.3 Å². The van der Waals surface area contributed by atoms with Crippen molar-refractivity contribution in [3.63, 3.8) is 0 Å². The monoisotopic (exact) mass is 634 g/mol. The molecule has 3 saturated carbocycles. The summed E-state index contributed by atoms with van der Waals surface area (Å²) in [4.78, 5) is 14.2. The van der Waals surface area contributed by atoms with E-state index >= 15 is 0 Å². The third-order valence-corrected chi connectivity index (χ3v) is 13.7. The first-order chi connectivity index (χ1) is 21.0. The Labute approximate surface area is 273 Å². The highest BCUT2D eigenvalue weighted by molar-refractivity contribution is 5.79. The number of allylic oxidation sites excluding steroid dienone is 2. The average Bonchev–Trinajstić information content (AvgIpc) is 2.96. The summed E-state index contributed by atoms with van der Waals surface area (Å²) in [5.74, 6) is 0.806. The van der Waals surface area contributed by atoms with Gasteiger partial charge in [-0.15, -0.1) is 0 Å². The molecule has 4 aliphatic carbocycles. The molecular weight excluding hydrogens is 568 g/mol. The van der Waals surface area contributed by atoms with Gasteiger partial charge in [-0.2, -0.15) is 0 Å². The van der Waals surface area contributed by atoms with Gasteiger partial charge in [0.15, 0.2) is 0 Å². The lowest BCUT2D eigenvalue weighted by molar-refractivity contribution is -0.234. The molecule has 5 aliphatic rings. The van der Waals surface area contributed by atoms with E-state index in [1.165, 1.54) is 12.0 Å². The van der Waals surface area contributed by atoms with Gasteiger partial charge < -0.3 is 29.9 Å². The number of carbonyl (C=O) groups excluding carboxylic acids is 1. The number of aliphatic hydroxyl groups excluding tert-OH is 4. The summed E-state index contributed by atoms with van der Waals surface area (Å²) in [5, 5.41) is 38.3. The number of ether oxygens (including phenoxy) is 2. The maximum absolute atomic E-state index is 14.2. The highest BCUT2D eigenvalue weighted by Crippen LogP contribution is 2.69. The van der Waals surface area contributed by atoms with E-state index in [1.807, 2.05) is 0 Å². The van der Waals surface area contributed by atoms with Gasteiger partial charge in [0.1, 0.15) is 0 Å². The first kappa shape index (κ1) is 36.8. The van der Waals surface area contributed by atoms with Crippen molar-refractivity contribution >= 4 is 5.97 Å². The second-order valence-electron chi connectivity index (χ2n) is 17.5. The quantitative estimate of drug-likeness (QED) is 0.185. The van der Waals surface area contributed by atoms with E-state index in [-0.39, 0.29) is 59.3 Å². The molecule has 4 fully saturated rings. The molecule has 0 aromatic carbocycles. The van der Waals surface area contributed by atoms with Gasteiger partial charge in [0, 0.05) is 19.4 Å². The third-order valence-electron chi connectivity index (χ3n) is 13.7. The minimum atomic E-state index is -0.807. The zero-order valence-electron chi connectivity index (χ0n) is 29.7. The van der Waals surface area contributed by atoms with Gasteiger partial charge >= 0.3 is 5.97 Å². The van der Waals surface area contributed by atoms with Crippen LogP contribution < -0.4 is 0 Å². The Bertz CT molecular complexity index is 1050. The van der Waals surface area contributed by atoms with E-state index in [2.05, 4.69) is 54.5 Å². The molecule has 0 radical (unpaired) electrons. The Kier molecular flexibility index (Phi) is 11.3. The second-order valence-corrected chi connectivity index (χ2v) is 17.5. The van der Waals surface area contributed by atoms with Crippen LogP contribution in [0, 0.1) is 44.8 Å². The molecule has 0 aromatic heterocycles. The molecule has 45 heavy (non-hydrogen) atoms. The van der Waals surface area contributed by atoms with Gasteiger partial charge in [-0.25, -0.2) is 0 Å². The summed E-state index contributed by atoms with van der Waals surface area (Å²) in [6.45, 7) is 18.5. The van der Waals surface area contributed by atoms with Crippen LogP contribution >= 0.6 is 0 Å². The van der Waals surface area contributed by atoms with E-state index < -0.39 is 23.9 Å². The molecule has 0 amide bonds. The number of fused-ring (bicyclic) bond motifs is 3. The molecule has 7 unspecified atom stereocenters. The predicted octanol–water partition coefficient (Wildman–Crippen LogP) is 6.94. The van der Waals surface area contributed by atoms with Crippen molar-refractivity contribution in [1.82, 2.24) is 0 Å². The lowest BCUT2D eigenvalue weighted by Crippen LogP contribution is -2.57. The summed E-state index contributed by atoms with van der Waals surface area (Å²) in [7, 11) is 0. The standard InChI is InChI=1S/C36H60O6.C2H6O/c1-23-26(33(4,5)13-11-29(23)39)10-14-34(6)12-8-9-27-28-21-32(2,3)15-17-36(28,18-16-35(27,34)7)31(40)42-30-20-24(38)19-25(22-37)41-30;1-2-3/h9,23-26,28-30,37-39H,8,10-22H2,1-7H3;3H,2H2,1H3/t23-,24?,25?,26?,28?,29?,30-,34?,35+,36?;/m0./s1. The van der Waals surface area contributed by atoms with E-state index in [4.69, 9.17) is 14.6 Å². The highest BCUT2D eigenvalue weighted by Gasteiger charge is 2.63. The Morgan fingerprint density at radius 3 is 2.31 bits per heavy atom. The van der Waals surface area contributed by atoms with Gasteiger partial charge in [0.25, 0.3) is 0 Å². The van der Waals surface area contributed by atoms with Crippen molar-refractivity contribution in [2.45, 2.75) is 163 Å². The van der Waals surface area contributed by atoms with Crippen LogP contribution in [0.15, 0.2) is 11.6 Å². The van der Waals surface area contributed by atoms with Crippen molar-refractivity contribution in [2.75, 3.05) is 13.2 Å². The molecule has 1 aliphatic heterocycles. The van der Waals surface area contributed by atoms with Crippen molar-refractivity contribution in [2.24, 2.45) is 44.8 Å². The molecule has 7 heteroatoms. The smallest absolute Gasteiger partial charge is 0.314 e. The van der Waals surface area contributed by atoms with Crippen LogP contribution in [0.1, 0.15) is 139 Å². The summed E-state index contributed by atoms with van der Waals surface area (Å²) in [5.41, 5.74) is 1.47. The lowest BCUT2D eigenvalue weighted by atomic mass is 9.41. The number of hydrogen-bond acceptors (Lipinski definition) is 7. The predicted molar refractivity (Wildman–Crippen MR) is 177 cm³/mol. The Balaban J connectivity index is 0.00000148. The summed E-state index contributed by atoms with van der Waals surface area (Å²) in [6.07, 6.45) is 12.1. The fraction of sp³-hybridized carbons (Fsp3) is 0.921. The molecule has 1 heterocycles. The molecule has 0 spiro atoms. The van der Waals surface area contributed by atoms with E-state index in [0.717, 1.165) is 64.2 Å². The van der Waals surface area contributed by atoms with Crippen LogP contribution in [-0.4, -0.2) is 64.2 Å². The topological polar surface area (TPSA) is 116 Å². The van der Waals surface area contributed by atoms with Crippen LogP contribution in [0.2, 0.25) is 0 Å². The zero-order chi connectivity index (χ0) is 33.4. The molecular formula is C38H66O7. The number of hydrogen-bond donors (Lipinski definition) is 4. The van der Waals surface area contributed by atoms with Crippen molar-refractivity contribution < 1.29 is 34.7 Å². The maximum atomic E-state index is 14.2. The lowest BCUT2D eigenvalue weighted by Gasteiger charge is -2.62. The normalized spacial score (nSPS) is 43.9. The van der Waals surface area contributed by atoms with Crippen LogP contribution in [0.25, 0.3) is 0 Å². The number of carbonyl (C=O) groups is 1. The molecule has 0 aromatic rings. The van der Waals surface area contributed by atoms with Gasteiger partial charge in [-0.3, -0.25) is 4.79 Å². The minimum Gasteiger partial charge on any atom is -0.435 e. The third kappa shape index (κ3) is 7.23. The van der Waals surface area contributed by atoms with Crippen molar-refractivity contribution in [3.05, 3.63) is 11.6 Å². The van der Waals surface area contributed by atoms with Crippen molar-refractivity contribution in [1.29, 1.82) is 0 Å². The van der Waals surface area contributed by atoms with Gasteiger partial charge in [0.2, 0.25) is 6.29 Å². The molecule has 260 valence electrons. The minimum absolute atomic E-state index is 0.0211. The SMILES string of the molecule is CCO.C[C@@H]1C(O)CCC(C)(C)C1CCC1(C)CCC=C2C3CC(C)(C)CCC3(C(=O)O[C@H]3CC(O)CC(CO)O3)CC[C@]21C. The first-order valence-corrected chi connectivity index (χ1v) is 18.1. The molecule has 10 atom stereocenters. The Morgan fingerprint density at radius 2 is 1.64 bits per heavy atom. The zero-order valence-corrected chi connectivity index (χ0v) is 29.7. The molecule has 4 N–H and O–H groups in total. The maximum Gasteiger partial charge on any atom is 0.314 e. The van der Waals surface area contributed by atoms with Crippen LogP contribution in [0.5, 0.6) is 0 Å². The van der Waals surface area contributed by atoms with Gasteiger partial charge in [-0.1, -0.05) is 60.1 Å². The van der Waals surface area contributed by atoms with Crippen LogP contribution in [0.4, 0.5) is 0 Å².